The Hall–Kier alpha value is -3.80. The zero-order chi connectivity index (χ0) is 24.0. The molecule has 0 radical (unpaired) electrons. The Balaban J connectivity index is 1.70. The summed E-state index contributed by atoms with van der Waals surface area (Å²) >= 11 is 0. The fourth-order valence-corrected chi connectivity index (χ4v) is 3.54. The van der Waals surface area contributed by atoms with Crippen LogP contribution in [0.3, 0.4) is 0 Å². The summed E-state index contributed by atoms with van der Waals surface area (Å²) in [6.07, 6.45) is -2.93. The molecule has 8 nitrogen and oxygen atoms in total. The first-order chi connectivity index (χ1) is 15.5. The molecule has 4 rings (SSSR count). The molecule has 1 unspecified atom stereocenters. The average Bonchev–Trinajstić information content (AvgIpc) is 3.38. The van der Waals surface area contributed by atoms with Crippen molar-refractivity contribution in [2.24, 2.45) is 5.73 Å². The molecule has 3 heterocycles. The van der Waals surface area contributed by atoms with E-state index in [9.17, 15) is 27.5 Å². The van der Waals surface area contributed by atoms with Gasteiger partial charge < -0.3 is 10.8 Å². The summed E-state index contributed by atoms with van der Waals surface area (Å²) in [4.78, 5) is 11.9. The van der Waals surface area contributed by atoms with Crippen molar-refractivity contribution < 1.29 is 27.5 Å². The molecular weight excluding hydrogens is 444 g/mol. The molecule has 1 amide bonds. The van der Waals surface area contributed by atoms with Crippen LogP contribution in [0.4, 0.5) is 17.6 Å². The van der Waals surface area contributed by atoms with Crippen molar-refractivity contribution in [3.63, 3.8) is 0 Å². The fourth-order valence-electron chi connectivity index (χ4n) is 3.54. The molecule has 33 heavy (non-hydrogen) atoms. The molecule has 0 aliphatic rings. The Labute approximate surface area is 184 Å². The van der Waals surface area contributed by atoms with Gasteiger partial charge in [-0.3, -0.25) is 4.79 Å². The first-order valence-electron chi connectivity index (χ1n) is 9.80. The van der Waals surface area contributed by atoms with E-state index >= 15 is 0 Å². The minimum absolute atomic E-state index is 0.0139. The van der Waals surface area contributed by atoms with Gasteiger partial charge in [-0.25, -0.2) is 13.6 Å². The van der Waals surface area contributed by atoms with Crippen LogP contribution >= 0.6 is 0 Å². The summed E-state index contributed by atoms with van der Waals surface area (Å²) in [5.41, 5.74) is 3.82. The third-order valence-corrected chi connectivity index (χ3v) is 5.34. The lowest BCUT2D eigenvalue weighted by atomic mass is 9.96. The van der Waals surface area contributed by atoms with Crippen molar-refractivity contribution >= 4 is 11.4 Å². The molecule has 1 aromatic carbocycles. The van der Waals surface area contributed by atoms with Crippen LogP contribution in [-0.2, 0) is 12.1 Å². The maximum Gasteiger partial charge on any atom is 0.423 e. The number of amides is 1. The smallest absolute Gasteiger partial charge is 0.375 e. The lowest BCUT2D eigenvalue weighted by molar-refractivity contribution is -0.269. The largest absolute Gasteiger partial charge is 0.423 e. The van der Waals surface area contributed by atoms with E-state index in [1.807, 2.05) is 0 Å². The molecule has 0 aliphatic heterocycles. The molecule has 0 fully saturated rings. The second kappa shape index (κ2) is 7.96. The number of primary amides is 1. The SMILES string of the molecule is CCC(O)(c1cn(Cc2ccc3c(-c4ccc(F)cc4)c(C(N)=O)nn3c2)nn1)C(F)(F)F. The number of carbonyl (C=O) groups excluding carboxylic acids is 1. The predicted octanol–water partition coefficient (Wildman–Crippen LogP) is 3.04. The van der Waals surface area contributed by atoms with Crippen molar-refractivity contribution in [2.45, 2.75) is 31.7 Å². The van der Waals surface area contributed by atoms with Crippen molar-refractivity contribution in [1.82, 2.24) is 24.6 Å². The number of benzene rings is 1. The monoisotopic (exact) mass is 462 g/mol. The van der Waals surface area contributed by atoms with Crippen LogP contribution in [0, 0.1) is 5.82 Å². The summed E-state index contributed by atoms with van der Waals surface area (Å²) in [6, 6.07) is 8.82. The maximum atomic E-state index is 13.3. The third kappa shape index (κ3) is 3.93. The van der Waals surface area contributed by atoms with Crippen LogP contribution < -0.4 is 5.73 Å². The van der Waals surface area contributed by atoms with Crippen LogP contribution in [0.1, 0.15) is 35.1 Å². The number of hydrogen-bond donors (Lipinski definition) is 2. The third-order valence-electron chi connectivity index (χ3n) is 5.34. The standard InChI is InChI=1S/C21H18F4N6O2/c1-2-20(33,21(23,24)25)16-11-30(29-27-16)9-12-3-8-15-17(13-4-6-14(22)7-5-13)18(19(26)32)28-31(15)10-12/h3-8,10-11,33H,2,9H2,1H3,(H2,26,32). The van der Waals surface area contributed by atoms with Gasteiger partial charge in [0.1, 0.15) is 11.5 Å². The number of nitrogens with zero attached hydrogens (tertiary/aromatic N) is 5. The number of fused-ring (bicyclic) bond motifs is 1. The molecule has 0 saturated heterocycles. The van der Waals surface area contributed by atoms with Crippen molar-refractivity contribution in [2.75, 3.05) is 0 Å². The van der Waals surface area contributed by atoms with Gasteiger partial charge in [-0.1, -0.05) is 30.3 Å². The van der Waals surface area contributed by atoms with E-state index in [4.69, 9.17) is 5.73 Å². The van der Waals surface area contributed by atoms with Gasteiger partial charge in [-0.2, -0.15) is 18.3 Å². The highest BCUT2D eigenvalue weighted by molar-refractivity contribution is 6.02. The van der Waals surface area contributed by atoms with Gasteiger partial charge in [0, 0.05) is 11.8 Å². The predicted molar refractivity (Wildman–Crippen MR) is 108 cm³/mol. The molecule has 0 spiro atoms. The number of pyridine rings is 1. The molecule has 172 valence electrons. The number of rotatable bonds is 6. The van der Waals surface area contributed by atoms with Crippen LogP contribution in [0.25, 0.3) is 16.6 Å². The van der Waals surface area contributed by atoms with E-state index in [2.05, 4.69) is 15.4 Å². The van der Waals surface area contributed by atoms with Gasteiger partial charge in [0.25, 0.3) is 5.91 Å². The van der Waals surface area contributed by atoms with Crippen LogP contribution in [0.2, 0.25) is 0 Å². The van der Waals surface area contributed by atoms with Crippen LogP contribution in [0.15, 0.2) is 48.8 Å². The summed E-state index contributed by atoms with van der Waals surface area (Å²) < 4.78 is 55.7. The molecular formula is C21H18F4N6O2. The molecule has 1 atom stereocenters. The number of nitrogens with two attached hydrogens (primary N) is 1. The lowest BCUT2D eigenvalue weighted by Gasteiger charge is -2.26. The van der Waals surface area contributed by atoms with Crippen molar-refractivity contribution in [3.8, 4) is 11.1 Å². The van der Waals surface area contributed by atoms with Crippen molar-refractivity contribution in [3.05, 3.63) is 71.6 Å². The second-order valence-electron chi connectivity index (χ2n) is 7.47. The topological polar surface area (TPSA) is 111 Å². The molecule has 3 aromatic heterocycles. The number of halogens is 4. The molecule has 0 aliphatic carbocycles. The highest BCUT2D eigenvalue weighted by Crippen LogP contribution is 2.40. The summed E-state index contributed by atoms with van der Waals surface area (Å²) in [5, 5.41) is 21.4. The summed E-state index contributed by atoms with van der Waals surface area (Å²) in [5.74, 6) is -1.21. The normalized spacial score (nSPS) is 13.9. The average molecular weight is 462 g/mol. The van der Waals surface area contributed by atoms with Gasteiger partial charge in [-0.05, 0) is 35.7 Å². The highest BCUT2D eigenvalue weighted by atomic mass is 19.4. The van der Waals surface area contributed by atoms with Crippen LogP contribution in [-0.4, -0.2) is 41.8 Å². The van der Waals surface area contributed by atoms with E-state index in [1.54, 1.807) is 18.3 Å². The number of aliphatic hydroxyl groups is 1. The fraction of sp³-hybridized carbons (Fsp3) is 0.238. The summed E-state index contributed by atoms with van der Waals surface area (Å²) in [7, 11) is 0. The molecule has 0 bridgehead atoms. The molecule has 3 N–H and O–H groups in total. The molecule has 4 aromatic rings. The van der Waals surface area contributed by atoms with Gasteiger partial charge in [0.15, 0.2) is 5.69 Å². The Morgan fingerprint density at radius 1 is 1.12 bits per heavy atom. The highest BCUT2D eigenvalue weighted by Gasteiger charge is 2.55. The number of alkyl halides is 3. The lowest BCUT2D eigenvalue weighted by Crippen LogP contribution is -2.42. The van der Waals surface area contributed by atoms with E-state index in [0.717, 1.165) is 10.9 Å². The quantitative estimate of drug-likeness (QED) is 0.428. The van der Waals surface area contributed by atoms with Gasteiger partial charge in [-0.15, -0.1) is 5.10 Å². The van der Waals surface area contributed by atoms with E-state index in [1.165, 1.54) is 35.7 Å². The van der Waals surface area contributed by atoms with Crippen molar-refractivity contribution in [1.29, 1.82) is 0 Å². The van der Waals surface area contributed by atoms with E-state index in [0.29, 0.717) is 22.2 Å². The summed E-state index contributed by atoms with van der Waals surface area (Å²) in [6.45, 7) is 1.23. The first kappa shape index (κ1) is 22.4. The van der Waals surface area contributed by atoms with Gasteiger partial charge in [0.2, 0.25) is 5.60 Å². The number of carbonyl (C=O) groups is 1. The second-order valence-corrected chi connectivity index (χ2v) is 7.47. The molecule has 12 heteroatoms. The molecule has 0 saturated carbocycles. The Bertz CT molecular complexity index is 1330. The maximum absolute atomic E-state index is 13.3. The zero-order valence-corrected chi connectivity index (χ0v) is 17.2. The van der Waals surface area contributed by atoms with Gasteiger partial charge in [0.05, 0.1) is 18.3 Å². The first-order valence-corrected chi connectivity index (χ1v) is 9.80. The Kier molecular flexibility index (Phi) is 5.40. The number of aromatic nitrogens is 5. The number of hydrogen-bond acceptors (Lipinski definition) is 5. The minimum Gasteiger partial charge on any atom is -0.375 e. The van der Waals surface area contributed by atoms with E-state index in [-0.39, 0.29) is 12.2 Å². The van der Waals surface area contributed by atoms with Gasteiger partial charge >= 0.3 is 6.18 Å². The van der Waals surface area contributed by atoms with E-state index < -0.39 is 35.6 Å². The Morgan fingerprint density at radius 3 is 2.42 bits per heavy atom. The van der Waals surface area contributed by atoms with Crippen LogP contribution in [0.5, 0.6) is 0 Å². The Morgan fingerprint density at radius 2 is 1.82 bits per heavy atom. The zero-order valence-electron chi connectivity index (χ0n) is 17.2. The minimum atomic E-state index is -4.90.